The number of guanidine groups is 1. The minimum Gasteiger partial charge on any atom is -0.463 e. The maximum atomic E-state index is 10.8. The molecule has 8 heteroatoms. The van der Waals surface area contributed by atoms with Gasteiger partial charge >= 0.3 is 0 Å². The third-order valence-corrected chi connectivity index (χ3v) is 6.30. The van der Waals surface area contributed by atoms with Crippen LogP contribution in [-0.4, -0.2) is 61.9 Å². The predicted molar refractivity (Wildman–Crippen MR) is 121 cm³/mol. The molecule has 0 bridgehead atoms. The maximum absolute atomic E-state index is 10.8. The van der Waals surface area contributed by atoms with Crippen molar-refractivity contribution in [3.8, 4) is 0 Å². The van der Waals surface area contributed by atoms with Crippen LogP contribution in [0.25, 0.3) is 0 Å². The van der Waals surface area contributed by atoms with Gasteiger partial charge in [0.25, 0.3) is 0 Å². The molecule has 3 rings (SSSR count). The summed E-state index contributed by atoms with van der Waals surface area (Å²) in [7, 11) is 0. The summed E-state index contributed by atoms with van der Waals surface area (Å²) in [4.78, 5) is 9.75. The van der Waals surface area contributed by atoms with Gasteiger partial charge in [0.1, 0.15) is 17.1 Å². The van der Waals surface area contributed by atoms with Gasteiger partial charge in [-0.1, -0.05) is 0 Å². The van der Waals surface area contributed by atoms with Gasteiger partial charge in [0.05, 0.1) is 25.8 Å². The van der Waals surface area contributed by atoms with E-state index in [0.717, 1.165) is 45.2 Å². The minimum atomic E-state index is -1.16. The highest BCUT2D eigenvalue weighted by molar-refractivity contribution is 7.12. The van der Waals surface area contributed by atoms with E-state index < -0.39 is 5.60 Å². The Morgan fingerprint density at radius 1 is 1.23 bits per heavy atom. The van der Waals surface area contributed by atoms with Crippen molar-refractivity contribution in [1.82, 2.24) is 15.5 Å². The second-order valence-corrected chi connectivity index (χ2v) is 9.19. The third kappa shape index (κ3) is 6.07. The number of hydrogen-bond donors (Lipinski definition) is 3. The number of thiophene rings is 1. The monoisotopic (exact) mass is 434 g/mol. The summed E-state index contributed by atoms with van der Waals surface area (Å²) in [5.41, 5.74) is -1.16. The van der Waals surface area contributed by atoms with Crippen molar-refractivity contribution in [3.63, 3.8) is 0 Å². The largest absolute Gasteiger partial charge is 0.463 e. The molecule has 0 spiro atoms. The Morgan fingerprint density at radius 3 is 2.60 bits per heavy atom. The molecule has 0 aromatic carbocycles. The van der Waals surface area contributed by atoms with Crippen LogP contribution in [0.4, 0.5) is 0 Å². The zero-order valence-electron chi connectivity index (χ0n) is 18.4. The van der Waals surface area contributed by atoms with Crippen LogP contribution in [0, 0.1) is 13.8 Å². The van der Waals surface area contributed by atoms with Crippen LogP contribution >= 0.6 is 11.3 Å². The lowest BCUT2D eigenvalue weighted by Gasteiger charge is -2.34. The van der Waals surface area contributed by atoms with E-state index in [0.29, 0.717) is 11.7 Å². The maximum Gasteiger partial charge on any atom is 0.191 e. The second kappa shape index (κ2) is 10.4. The number of nitrogens with zero attached hydrogens (tertiary/aromatic N) is 2. The van der Waals surface area contributed by atoms with Crippen molar-refractivity contribution in [2.45, 2.75) is 39.3 Å². The van der Waals surface area contributed by atoms with Crippen molar-refractivity contribution in [2.75, 3.05) is 45.9 Å². The summed E-state index contributed by atoms with van der Waals surface area (Å²) in [5, 5.41) is 17.6. The molecule has 0 saturated carbocycles. The average molecular weight is 435 g/mol. The number of morpholine rings is 1. The second-order valence-electron chi connectivity index (χ2n) is 7.87. The van der Waals surface area contributed by atoms with Crippen LogP contribution in [-0.2, 0) is 10.3 Å². The summed E-state index contributed by atoms with van der Waals surface area (Å²) < 4.78 is 11.1. The van der Waals surface area contributed by atoms with E-state index in [2.05, 4.69) is 39.6 Å². The van der Waals surface area contributed by atoms with Crippen LogP contribution in [0.1, 0.15) is 41.2 Å². The Labute approximate surface area is 183 Å². The average Bonchev–Trinajstić information content (AvgIpc) is 3.36. The first-order chi connectivity index (χ1) is 14.4. The van der Waals surface area contributed by atoms with Crippen molar-refractivity contribution >= 4 is 17.3 Å². The SMILES string of the molecule is CCNC(=NCC(C)(O)c1ccc(C)o1)NCC(c1ccc(C)s1)N1CCOCC1. The molecule has 1 aliphatic rings. The quantitative estimate of drug-likeness (QED) is 0.438. The summed E-state index contributed by atoms with van der Waals surface area (Å²) in [6.07, 6.45) is 0. The standard InChI is InChI=1S/C22H34N4O3S/c1-5-23-21(25-15-22(4,27)20-9-6-16(2)29-20)24-14-18(19-8-7-17(3)30-19)26-10-12-28-13-11-26/h6-9,18,27H,5,10-15H2,1-4H3,(H2,23,24,25). The third-order valence-electron chi connectivity index (χ3n) is 5.20. The van der Waals surface area contributed by atoms with Crippen molar-refractivity contribution in [3.05, 3.63) is 45.5 Å². The molecule has 30 heavy (non-hydrogen) atoms. The highest BCUT2D eigenvalue weighted by Gasteiger charge is 2.27. The Balaban J connectivity index is 1.69. The molecule has 2 aromatic rings. The van der Waals surface area contributed by atoms with E-state index in [1.165, 1.54) is 9.75 Å². The molecule has 7 nitrogen and oxygen atoms in total. The fourth-order valence-electron chi connectivity index (χ4n) is 3.50. The van der Waals surface area contributed by atoms with Crippen molar-refractivity contribution in [1.29, 1.82) is 0 Å². The molecule has 166 valence electrons. The first-order valence-electron chi connectivity index (χ1n) is 10.6. The Morgan fingerprint density at radius 2 is 2.00 bits per heavy atom. The van der Waals surface area contributed by atoms with Gasteiger partial charge in [-0.05, 0) is 52.0 Å². The lowest BCUT2D eigenvalue weighted by Crippen LogP contribution is -2.46. The molecule has 0 radical (unpaired) electrons. The zero-order valence-corrected chi connectivity index (χ0v) is 19.2. The molecule has 1 aliphatic heterocycles. The molecule has 0 aliphatic carbocycles. The summed E-state index contributed by atoms with van der Waals surface area (Å²) in [5.74, 6) is 1.99. The topological polar surface area (TPSA) is 82.3 Å². The Kier molecular flexibility index (Phi) is 7.93. The highest BCUT2D eigenvalue weighted by Crippen LogP contribution is 2.28. The van der Waals surface area contributed by atoms with Gasteiger partial charge in [0, 0.05) is 35.9 Å². The van der Waals surface area contributed by atoms with Crippen LogP contribution in [0.2, 0.25) is 0 Å². The lowest BCUT2D eigenvalue weighted by molar-refractivity contribution is 0.0176. The van der Waals surface area contributed by atoms with E-state index in [9.17, 15) is 5.11 Å². The van der Waals surface area contributed by atoms with Gasteiger partial charge in [-0.15, -0.1) is 11.3 Å². The Hall–Kier alpha value is -1.87. The summed E-state index contributed by atoms with van der Waals surface area (Å²) in [6, 6.07) is 8.31. The summed E-state index contributed by atoms with van der Waals surface area (Å²) >= 11 is 1.84. The lowest BCUT2D eigenvalue weighted by atomic mass is 10.0. The van der Waals surface area contributed by atoms with Crippen LogP contribution in [0.5, 0.6) is 0 Å². The van der Waals surface area contributed by atoms with Gasteiger partial charge < -0.3 is 24.9 Å². The first-order valence-corrected chi connectivity index (χ1v) is 11.4. The molecule has 1 fully saturated rings. The smallest absolute Gasteiger partial charge is 0.191 e. The molecule has 0 amide bonds. The van der Waals surface area contributed by atoms with Crippen LogP contribution < -0.4 is 10.6 Å². The van der Waals surface area contributed by atoms with Gasteiger partial charge in [-0.3, -0.25) is 4.90 Å². The van der Waals surface area contributed by atoms with E-state index in [1.54, 1.807) is 13.0 Å². The fourth-order valence-corrected chi connectivity index (χ4v) is 4.51. The number of furan rings is 1. The fraction of sp³-hybridized carbons (Fsp3) is 0.591. The number of ether oxygens (including phenoxy) is 1. The van der Waals surface area contributed by atoms with Crippen molar-refractivity contribution in [2.24, 2.45) is 4.99 Å². The first kappa shape index (κ1) is 22.8. The molecular weight excluding hydrogens is 400 g/mol. The van der Waals surface area contributed by atoms with Gasteiger partial charge in [-0.2, -0.15) is 0 Å². The number of hydrogen-bond acceptors (Lipinski definition) is 6. The number of aliphatic hydroxyl groups is 1. The van der Waals surface area contributed by atoms with Gasteiger partial charge in [0.2, 0.25) is 0 Å². The molecule has 2 atom stereocenters. The molecule has 2 aromatic heterocycles. The van der Waals surface area contributed by atoms with Crippen molar-refractivity contribution < 1.29 is 14.3 Å². The van der Waals surface area contributed by atoms with E-state index in [1.807, 2.05) is 31.3 Å². The molecule has 3 heterocycles. The van der Waals surface area contributed by atoms with Gasteiger partial charge in [-0.25, -0.2) is 4.99 Å². The zero-order chi connectivity index (χ0) is 21.6. The van der Waals surface area contributed by atoms with E-state index in [-0.39, 0.29) is 12.6 Å². The molecule has 3 N–H and O–H groups in total. The molecular formula is C22H34N4O3S. The van der Waals surface area contributed by atoms with Gasteiger partial charge in [0.15, 0.2) is 5.96 Å². The van der Waals surface area contributed by atoms with E-state index in [4.69, 9.17) is 9.15 Å². The number of rotatable bonds is 8. The van der Waals surface area contributed by atoms with Crippen LogP contribution in [0.15, 0.2) is 33.7 Å². The number of nitrogens with one attached hydrogen (secondary N) is 2. The van der Waals surface area contributed by atoms with E-state index >= 15 is 0 Å². The molecule has 1 saturated heterocycles. The number of aliphatic imine (C=N–C) groups is 1. The Bertz CT molecular complexity index is 824. The minimum absolute atomic E-state index is 0.204. The molecule has 2 unspecified atom stereocenters. The predicted octanol–water partition coefficient (Wildman–Crippen LogP) is 2.79. The summed E-state index contributed by atoms with van der Waals surface area (Å²) in [6.45, 7) is 12.8. The number of aryl methyl sites for hydroxylation is 2. The highest BCUT2D eigenvalue weighted by atomic mass is 32.1. The van der Waals surface area contributed by atoms with Crippen LogP contribution in [0.3, 0.4) is 0 Å². The normalized spacial score (nSPS) is 18.8.